The minimum atomic E-state index is -4.52. The van der Waals surface area contributed by atoms with Gasteiger partial charge in [-0.2, -0.15) is 13.2 Å². The number of benzene rings is 2. The summed E-state index contributed by atoms with van der Waals surface area (Å²) in [5.41, 5.74) is -0.0725. The van der Waals surface area contributed by atoms with Crippen molar-refractivity contribution in [2.75, 3.05) is 0 Å². The van der Waals surface area contributed by atoms with Crippen molar-refractivity contribution in [3.8, 4) is 5.75 Å². The molecule has 0 radical (unpaired) electrons. The highest BCUT2D eigenvalue weighted by Crippen LogP contribution is 2.51. The van der Waals surface area contributed by atoms with E-state index in [0.29, 0.717) is 30.3 Å². The average molecular weight is 546 g/mol. The van der Waals surface area contributed by atoms with E-state index in [-0.39, 0.29) is 34.6 Å². The Morgan fingerprint density at radius 2 is 1.72 bits per heavy atom. The first-order valence-electron chi connectivity index (χ1n) is 14.7. The van der Waals surface area contributed by atoms with E-state index >= 15 is 0 Å². The number of rotatable bonds is 7. The molecule has 3 aliphatic rings. The summed E-state index contributed by atoms with van der Waals surface area (Å²) < 4.78 is 49.0. The van der Waals surface area contributed by atoms with Crippen LogP contribution < -0.4 is 4.74 Å². The van der Waals surface area contributed by atoms with Gasteiger partial charge in [-0.1, -0.05) is 58.2 Å². The first kappa shape index (κ1) is 28.3. The highest BCUT2D eigenvalue weighted by atomic mass is 19.4. The number of fused-ring (bicyclic) bond motifs is 1. The number of alkyl halides is 3. The summed E-state index contributed by atoms with van der Waals surface area (Å²) >= 11 is 0. The number of ether oxygens (including phenoxy) is 1. The molecule has 0 spiro atoms. The van der Waals surface area contributed by atoms with Gasteiger partial charge in [-0.05, 0) is 84.7 Å². The van der Waals surface area contributed by atoms with Gasteiger partial charge < -0.3 is 9.84 Å². The summed E-state index contributed by atoms with van der Waals surface area (Å²) in [5, 5.41) is 10.4. The molecular formula is C32H42F3NO3. The van der Waals surface area contributed by atoms with Gasteiger partial charge in [0.25, 0.3) is 0 Å². The summed E-state index contributed by atoms with van der Waals surface area (Å²) in [6.45, 7) is 6.87. The van der Waals surface area contributed by atoms with E-state index in [1.54, 1.807) is 12.1 Å². The maximum atomic E-state index is 14.4. The van der Waals surface area contributed by atoms with E-state index in [9.17, 15) is 23.1 Å². The molecule has 2 aromatic carbocycles. The molecule has 0 amide bonds. The van der Waals surface area contributed by atoms with Crippen LogP contribution in [0.15, 0.2) is 30.3 Å². The third-order valence-electron chi connectivity index (χ3n) is 9.91. The zero-order valence-corrected chi connectivity index (χ0v) is 23.4. The number of carbonyl (C=O) groups is 1. The lowest BCUT2D eigenvalue weighted by molar-refractivity contribution is -0.164. The molecular weight excluding hydrogens is 503 g/mol. The van der Waals surface area contributed by atoms with Gasteiger partial charge in [0.2, 0.25) is 0 Å². The average Bonchev–Trinajstić information content (AvgIpc) is 2.88. The van der Waals surface area contributed by atoms with E-state index in [1.807, 2.05) is 26.0 Å². The van der Waals surface area contributed by atoms with E-state index in [1.165, 1.54) is 12.5 Å². The van der Waals surface area contributed by atoms with Gasteiger partial charge in [-0.25, -0.2) is 0 Å². The normalized spacial score (nSPS) is 27.9. The molecule has 214 valence electrons. The van der Waals surface area contributed by atoms with Crippen LogP contribution >= 0.6 is 0 Å². The van der Waals surface area contributed by atoms with Crippen molar-refractivity contribution in [3.63, 3.8) is 0 Å². The molecule has 0 saturated heterocycles. The van der Waals surface area contributed by atoms with Gasteiger partial charge in [0.05, 0.1) is 12.0 Å². The lowest BCUT2D eigenvalue weighted by atomic mass is 9.57. The van der Waals surface area contributed by atoms with Gasteiger partial charge in [0.1, 0.15) is 11.3 Å². The zero-order chi connectivity index (χ0) is 27.9. The second-order valence-electron chi connectivity index (χ2n) is 12.9. The number of hydrogen-bond acceptors (Lipinski definition) is 3. The lowest BCUT2D eigenvalue weighted by Gasteiger charge is -2.57. The summed E-state index contributed by atoms with van der Waals surface area (Å²) in [6.07, 6.45) is 5.14. The molecule has 0 heterocycles. The molecule has 0 aliphatic heterocycles. The van der Waals surface area contributed by atoms with Crippen molar-refractivity contribution in [1.29, 1.82) is 0 Å². The van der Waals surface area contributed by atoms with Crippen LogP contribution in [0.5, 0.6) is 5.75 Å². The Morgan fingerprint density at radius 1 is 1.03 bits per heavy atom. The molecule has 2 atom stereocenters. The van der Waals surface area contributed by atoms with Gasteiger partial charge in [-0.15, -0.1) is 0 Å². The van der Waals surface area contributed by atoms with E-state index < -0.39 is 17.7 Å². The number of hydrogen-bond donors (Lipinski definition) is 1. The summed E-state index contributed by atoms with van der Waals surface area (Å²) in [7, 11) is 0. The molecule has 4 nitrogen and oxygen atoms in total. The third kappa shape index (κ3) is 5.79. The smallest absolute Gasteiger partial charge is 0.420 e. The molecule has 3 fully saturated rings. The van der Waals surface area contributed by atoms with Gasteiger partial charge >= 0.3 is 12.1 Å². The topological polar surface area (TPSA) is 49.8 Å². The molecule has 3 saturated carbocycles. The van der Waals surface area contributed by atoms with Crippen molar-refractivity contribution in [2.45, 2.75) is 116 Å². The van der Waals surface area contributed by atoms with Crippen molar-refractivity contribution in [1.82, 2.24) is 4.90 Å². The van der Waals surface area contributed by atoms with Gasteiger partial charge in [0, 0.05) is 18.6 Å². The van der Waals surface area contributed by atoms with Crippen LogP contribution in [0, 0.1) is 17.3 Å². The molecule has 5 rings (SSSR count). The third-order valence-corrected chi connectivity index (χ3v) is 9.91. The van der Waals surface area contributed by atoms with E-state index in [0.717, 1.165) is 56.9 Å². The van der Waals surface area contributed by atoms with Crippen molar-refractivity contribution >= 4 is 16.7 Å². The fourth-order valence-corrected chi connectivity index (χ4v) is 7.38. The molecule has 2 unspecified atom stereocenters. The highest BCUT2D eigenvalue weighted by molar-refractivity contribution is 5.89. The van der Waals surface area contributed by atoms with E-state index in [4.69, 9.17) is 4.74 Å². The van der Waals surface area contributed by atoms with Gasteiger partial charge in [0.15, 0.2) is 0 Å². The largest absolute Gasteiger partial charge is 0.490 e. The Kier molecular flexibility index (Phi) is 7.93. The van der Waals surface area contributed by atoms with Crippen molar-refractivity contribution in [2.24, 2.45) is 17.3 Å². The summed E-state index contributed by atoms with van der Waals surface area (Å²) in [4.78, 5) is 14.3. The van der Waals surface area contributed by atoms with Crippen LogP contribution in [0.2, 0.25) is 0 Å². The highest BCUT2D eigenvalue weighted by Gasteiger charge is 2.55. The Balaban J connectivity index is 1.43. The monoisotopic (exact) mass is 545 g/mol. The predicted molar refractivity (Wildman–Crippen MR) is 147 cm³/mol. The second-order valence-corrected chi connectivity index (χ2v) is 12.9. The number of carboxylic acid groups (broad SMARTS) is 1. The summed E-state index contributed by atoms with van der Waals surface area (Å²) in [6, 6.07) is 9.07. The molecule has 3 aliphatic carbocycles. The first-order chi connectivity index (χ1) is 18.4. The van der Waals surface area contributed by atoms with Crippen LogP contribution in [0.4, 0.5) is 13.2 Å². The number of nitrogens with zero attached hydrogens (tertiary/aromatic N) is 1. The fourth-order valence-electron chi connectivity index (χ4n) is 7.38. The lowest BCUT2D eigenvalue weighted by Crippen LogP contribution is -2.62. The van der Waals surface area contributed by atoms with Crippen LogP contribution in [0.25, 0.3) is 10.8 Å². The van der Waals surface area contributed by atoms with Crippen LogP contribution in [-0.4, -0.2) is 34.2 Å². The Labute approximate surface area is 229 Å². The van der Waals surface area contributed by atoms with E-state index in [2.05, 4.69) is 11.8 Å². The standard InChI is InChI=1S/C32H42F3NO3/c1-20-9-13-24(14-10-20)39-27-16-12-22-17-21(11-15-25(22)29(27)32(33,34)35)19-36(23-7-5-4-6-8-23)28-18-26(30(37)38)31(28,2)3/h11-12,15-17,20,23-24,26,28H,4-10,13-14,18-19H2,1-3H3,(H,37,38)/t20-,24+,26?,28?. The Hall–Kier alpha value is -2.28. The molecule has 0 bridgehead atoms. The van der Waals surface area contributed by atoms with Crippen LogP contribution in [-0.2, 0) is 17.5 Å². The molecule has 7 heteroatoms. The number of halogens is 3. The first-order valence-corrected chi connectivity index (χ1v) is 14.7. The maximum Gasteiger partial charge on any atom is 0.420 e. The molecule has 0 aromatic heterocycles. The van der Waals surface area contributed by atoms with Crippen molar-refractivity contribution in [3.05, 3.63) is 41.5 Å². The molecule has 39 heavy (non-hydrogen) atoms. The number of aliphatic carboxylic acids is 1. The van der Waals surface area contributed by atoms with Gasteiger partial charge in [-0.3, -0.25) is 9.69 Å². The fraction of sp³-hybridized carbons (Fsp3) is 0.656. The van der Waals surface area contributed by atoms with Crippen molar-refractivity contribution < 1.29 is 27.8 Å². The second kappa shape index (κ2) is 10.9. The van der Waals surface area contributed by atoms with Crippen LogP contribution in [0.3, 0.4) is 0 Å². The maximum absolute atomic E-state index is 14.4. The minimum Gasteiger partial charge on any atom is -0.490 e. The molecule has 2 aromatic rings. The number of carboxylic acids is 1. The Morgan fingerprint density at radius 3 is 2.33 bits per heavy atom. The predicted octanol–water partition coefficient (Wildman–Crippen LogP) is 8.45. The SMILES string of the molecule is CC1(C)C(C(=O)O)CC1N(Cc1ccc2c(C(F)(F)F)c(O[C@H]3CC[C@@H](C)CC3)ccc2c1)C1CCCCC1. The van der Waals surface area contributed by atoms with Crippen LogP contribution in [0.1, 0.15) is 96.1 Å². The minimum absolute atomic E-state index is 0.0675. The molecule has 1 N–H and O–H groups in total. The Bertz CT molecular complexity index is 1180. The summed E-state index contributed by atoms with van der Waals surface area (Å²) in [5.74, 6) is -0.589. The quantitative estimate of drug-likeness (QED) is 0.379. The zero-order valence-electron chi connectivity index (χ0n) is 23.4.